The van der Waals surface area contributed by atoms with Crippen molar-refractivity contribution < 1.29 is 5.11 Å². The van der Waals surface area contributed by atoms with Gasteiger partial charge in [0.15, 0.2) is 0 Å². The van der Waals surface area contributed by atoms with Crippen LogP contribution in [0.5, 0.6) is 0 Å². The highest BCUT2D eigenvalue weighted by molar-refractivity contribution is 6.18. The van der Waals surface area contributed by atoms with E-state index in [2.05, 4.69) is 20.8 Å². The molecule has 2 unspecified atom stereocenters. The maximum Gasteiger partial charge on any atom is 0.0675 e. The molecule has 0 fully saturated rings. The van der Waals surface area contributed by atoms with E-state index in [9.17, 15) is 0 Å². The van der Waals surface area contributed by atoms with Crippen LogP contribution in [-0.2, 0) is 0 Å². The lowest BCUT2D eigenvalue weighted by Gasteiger charge is -2.16. The summed E-state index contributed by atoms with van der Waals surface area (Å²) in [6, 6.07) is 0. The van der Waals surface area contributed by atoms with Crippen molar-refractivity contribution in [3.05, 3.63) is 0 Å². The lowest BCUT2D eigenvalue weighted by atomic mass is 9.92. The monoisotopic (exact) mass is 178 g/mol. The lowest BCUT2D eigenvalue weighted by Crippen LogP contribution is -2.12. The van der Waals surface area contributed by atoms with Gasteiger partial charge in [0.2, 0.25) is 0 Å². The van der Waals surface area contributed by atoms with Crippen molar-refractivity contribution in [3.63, 3.8) is 0 Å². The highest BCUT2D eigenvalue weighted by Gasteiger charge is 2.09. The van der Waals surface area contributed by atoms with Gasteiger partial charge in [-0.25, -0.2) is 0 Å². The smallest absolute Gasteiger partial charge is 0.0675 e. The molecule has 68 valence electrons. The van der Waals surface area contributed by atoms with Gasteiger partial charge in [0.25, 0.3) is 0 Å². The van der Waals surface area contributed by atoms with Gasteiger partial charge in [0, 0.05) is 5.88 Å². The summed E-state index contributed by atoms with van der Waals surface area (Å²) in [6.07, 6.45) is 1.60. The number of rotatable bonds is 5. The zero-order valence-electron chi connectivity index (χ0n) is 7.68. The second kappa shape index (κ2) is 5.84. The Morgan fingerprint density at radius 1 is 1.18 bits per heavy atom. The fourth-order valence-electron chi connectivity index (χ4n) is 0.866. The third-order valence-corrected chi connectivity index (χ3v) is 2.63. The minimum atomic E-state index is -0.308. The molecular weight excluding hydrogens is 160 g/mol. The molecule has 0 radical (unpaired) electrons. The molecule has 0 spiro atoms. The summed E-state index contributed by atoms with van der Waals surface area (Å²) >= 11 is 5.47. The molecule has 0 bridgehead atoms. The molecule has 0 aromatic carbocycles. The van der Waals surface area contributed by atoms with Crippen LogP contribution in [0, 0.1) is 11.8 Å². The number of halogens is 1. The van der Waals surface area contributed by atoms with Crippen molar-refractivity contribution in [2.75, 3.05) is 5.88 Å². The molecule has 2 atom stereocenters. The molecule has 0 heterocycles. The van der Waals surface area contributed by atoms with E-state index in [1.54, 1.807) is 0 Å². The summed E-state index contributed by atoms with van der Waals surface area (Å²) in [5.41, 5.74) is 0. The van der Waals surface area contributed by atoms with E-state index in [0.717, 1.165) is 12.8 Å². The maximum atomic E-state index is 9.16. The first-order valence-electron chi connectivity index (χ1n) is 4.32. The van der Waals surface area contributed by atoms with Crippen LogP contribution in [0.25, 0.3) is 0 Å². The Bertz CT molecular complexity index is 93.6. The third kappa shape index (κ3) is 5.51. The van der Waals surface area contributed by atoms with Crippen molar-refractivity contribution in [1.82, 2.24) is 0 Å². The molecule has 0 aromatic heterocycles. The zero-order valence-corrected chi connectivity index (χ0v) is 8.43. The van der Waals surface area contributed by atoms with Crippen LogP contribution in [0.3, 0.4) is 0 Å². The van der Waals surface area contributed by atoms with E-state index < -0.39 is 0 Å². The van der Waals surface area contributed by atoms with Crippen molar-refractivity contribution in [2.24, 2.45) is 11.8 Å². The molecule has 2 heteroatoms. The number of aliphatic hydroxyl groups is 1. The second-order valence-corrected chi connectivity index (χ2v) is 3.92. The quantitative estimate of drug-likeness (QED) is 0.642. The standard InChI is InChI=1S/C9H19ClO/c1-7(2)8(3)4-5-9(11)6-10/h7-9,11H,4-6H2,1-3H3. The average molecular weight is 179 g/mol. The van der Waals surface area contributed by atoms with Crippen LogP contribution < -0.4 is 0 Å². The molecule has 0 aliphatic rings. The van der Waals surface area contributed by atoms with Gasteiger partial charge in [-0.1, -0.05) is 20.8 Å². The minimum Gasteiger partial charge on any atom is -0.392 e. The van der Waals surface area contributed by atoms with Crippen molar-refractivity contribution in [3.8, 4) is 0 Å². The summed E-state index contributed by atoms with van der Waals surface area (Å²) in [6.45, 7) is 6.63. The van der Waals surface area contributed by atoms with E-state index in [1.807, 2.05) is 0 Å². The number of aliphatic hydroxyl groups excluding tert-OH is 1. The molecule has 11 heavy (non-hydrogen) atoms. The molecule has 0 rings (SSSR count). The molecule has 0 amide bonds. The van der Waals surface area contributed by atoms with Gasteiger partial charge in [-0.2, -0.15) is 0 Å². The first kappa shape index (κ1) is 11.2. The Labute approximate surface area is 74.8 Å². The molecular formula is C9H19ClO. The largest absolute Gasteiger partial charge is 0.392 e. The maximum absolute atomic E-state index is 9.16. The molecule has 0 saturated carbocycles. The molecule has 0 saturated heterocycles. The average Bonchev–Trinajstić information content (AvgIpc) is 1.99. The van der Waals surface area contributed by atoms with Crippen LogP contribution in [0.4, 0.5) is 0 Å². The van der Waals surface area contributed by atoms with Crippen LogP contribution in [0.1, 0.15) is 33.6 Å². The third-order valence-electron chi connectivity index (χ3n) is 2.27. The lowest BCUT2D eigenvalue weighted by molar-refractivity contribution is 0.172. The Morgan fingerprint density at radius 2 is 1.73 bits per heavy atom. The normalized spacial score (nSPS) is 16.9. The Morgan fingerprint density at radius 3 is 2.09 bits per heavy atom. The van der Waals surface area contributed by atoms with Gasteiger partial charge in [-0.05, 0) is 24.7 Å². The highest BCUT2D eigenvalue weighted by Crippen LogP contribution is 2.17. The van der Waals surface area contributed by atoms with Crippen LogP contribution >= 0.6 is 11.6 Å². The Hall–Kier alpha value is 0.250. The van der Waals surface area contributed by atoms with Crippen molar-refractivity contribution >= 4 is 11.6 Å². The van der Waals surface area contributed by atoms with Crippen molar-refractivity contribution in [1.29, 1.82) is 0 Å². The predicted molar refractivity (Wildman–Crippen MR) is 50.0 cm³/mol. The number of hydrogen-bond acceptors (Lipinski definition) is 1. The van der Waals surface area contributed by atoms with Gasteiger partial charge < -0.3 is 5.11 Å². The molecule has 0 aliphatic heterocycles. The second-order valence-electron chi connectivity index (χ2n) is 3.61. The van der Waals surface area contributed by atoms with E-state index in [4.69, 9.17) is 16.7 Å². The Kier molecular flexibility index (Phi) is 5.98. The molecule has 1 nitrogen and oxygen atoms in total. The fourth-order valence-corrected chi connectivity index (χ4v) is 1.02. The minimum absolute atomic E-state index is 0.308. The topological polar surface area (TPSA) is 20.2 Å². The summed E-state index contributed by atoms with van der Waals surface area (Å²) in [4.78, 5) is 0. The van der Waals surface area contributed by atoms with Crippen LogP contribution in [0.15, 0.2) is 0 Å². The van der Waals surface area contributed by atoms with Gasteiger partial charge in [-0.15, -0.1) is 11.6 Å². The Balaban J connectivity index is 3.37. The number of hydrogen-bond donors (Lipinski definition) is 1. The van der Waals surface area contributed by atoms with Gasteiger partial charge in [-0.3, -0.25) is 0 Å². The van der Waals surface area contributed by atoms with Gasteiger partial charge >= 0.3 is 0 Å². The first-order chi connectivity index (χ1) is 5.07. The van der Waals surface area contributed by atoms with E-state index >= 15 is 0 Å². The van der Waals surface area contributed by atoms with Crippen molar-refractivity contribution in [2.45, 2.75) is 39.7 Å². The SMILES string of the molecule is CC(C)C(C)CCC(O)CCl. The fraction of sp³-hybridized carbons (Fsp3) is 1.00. The summed E-state index contributed by atoms with van der Waals surface area (Å²) in [7, 11) is 0. The number of alkyl halides is 1. The summed E-state index contributed by atoms with van der Waals surface area (Å²) in [5.74, 6) is 1.76. The molecule has 0 aliphatic carbocycles. The first-order valence-corrected chi connectivity index (χ1v) is 4.85. The molecule has 0 aromatic rings. The van der Waals surface area contributed by atoms with E-state index in [1.165, 1.54) is 0 Å². The van der Waals surface area contributed by atoms with Crippen LogP contribution in [0.2, 0.25) is 0 Å². The molecule has 1 N–H and O–H groups in total. The van der Waals surface area contributed by atoms with Crippen LogP contribution in [-0.4, -0.2) is 17.1 Å². The van der Waals surface area contributed by atoms with Gasteiger partial charge in [0.05, 0.1) is 6.10 Å². The summed E-state index contributed by atoms with van der Waals surface area (Å²) < 4.78 is 0. The van der Waals surface area contributed by atoms with Gasteiger partial charge in [0.1, 0.15) is 0 Å². The van der Waals surface area contributed by atoms with E-state index in [-0.39, 0.29) is 6.10 Å². The summed E-state index contributed by atoms with van der Waals surface area (Å²) in [5, 5.41) is 9.16. The van der Waals surface area contributed by atoms with E-state index in [0.29, 0.717) is 17.7 Å². The zero-order chi connectivity index (χ0) is 8.85. The highest BCUT2D eigenvalue weighted by atomic mass is 35.5. The predicted octanol–water partition coefficient (Wildman–Crippen LogP) is 2.66.